The molecule has 0 heterocycles. The van der Waals surface area contributed by atoms with Crippen molar-refractivity contribution in [2.24, 2.45) is 0 Å². The van der Waals surface area contributed by atoms with Gasteiger partial charge in [0, 0.05) is 13.1 Å². The lowest BCUT2D eigenvalue weighted by molar-refractivity contribution is -0.142. The molecule has 0 aliphatic rings. The number of carbonyl (C=O) groups excluding carboxylic acids is 2. The first-order valence-electron chi connectivity index (χ1n) is 10.3. The van der Waals surface area contributed by atoms with Crippen molar-refractivity contribution >= 4 is 11.8 Å². The predicted molar refractivity (Wildman–Crippen MR) is 116 cm³/mol. The molecule has 0 bridgehead atoms. The van der Waals surface area contributed by atoms with Crippen LogP contribution < -0.4 is 10.1 Å². The smallest absolute Gasteiger partial charge is 0.261 e. The van der Waals surface area contributed by atoms with Crippen LogP contribution in [0.15, 0.2) is 54.6 Å². The molecule has 2 amide bonds. The predicted octanol–water partition coefficient (Wildman–Crippen LogP) is 4.13. The maximum Gasteiger partial charge on any atom is 0.261 e. The van der Waals surface area contributed by atoms with Gasteiger partial charge in [0.05, 0.1) is 0 Å². The number of hydrogen-bond acceptors (Lipinski definition) is 3. The minimum Gasteiger partial charge on any atom is -0.484 e. The van der Waals surface area contributed by atoms with Gasteiger partial charge in [0.2, 0.25) is 5.91 Å². The van der Waals surface area contributed by atoms with Crippen LogP contribution in [0.5, 0.6) is 5.75 Å². The number of ether oxygens (including phenoxy) is 1. The molecule has 0 aromatic heterocycles. The molecule has 0 saturated carbocycles. The molecule has 1 atom stereocenters. The summed E-state index contributed by atoms with van der Waals surface area (Å²) in [5, 5.41) is 2.83. The van der Waals surface area contributed by atoms with E-state index in [4.69, 9.17) is 4.74 Å². The number of carbonyl (C=O) groups is 2. The molecule has 29 heavy (non-hydrogen) atoms. The zero-order chi connectivity index (χ0) is 21.2. The average Bonchev–Trinajstić information content (AvgIpc) is 2.73. The Balaban J connectivity index is 2.13. The molecule has 0 radical (unpaired) electrons. The Morgan fingerprint density at radius 2 is 1.66 bits per heavy atom. The van der Waals surface area contributed by atoms with Crippen LogP contribution in [0.1, 0.15) is 51.2 Å². The zero-order valence-corrected chi connectivity index (χ0v) is 17.9. The quantitative estimate of drug-likeness (QED) is 0.657. The number of hydrogen-bond donors (Lipinski definition) is 1. The Labute approximate surface area is 174 Å². The van der Waals surface area contributed by atoms with Crippen LogP contribution in [0.2, 0.25) is 0 Å². The lowest BCUT2D eigenvalue weighted by Crippen LogP contribution is -2.50. The van der Waals surface area contributed by atoms with Crippen molar-refractivity contribution in [2.75, 3.05) is 13.2 Å². The first-order chi connectivity index (χ1) is 14.0. The standard InChI is InChI=1S/C24H32N2O3/c1-5-22(24(28)25-6-2)26(16-19-10-8-7-9-11-19)23(27)17-29-21-14-12-20(13-15-21)18(3)4/h7-15,18,22H,5-6,16-17H2,1-4H3,(H,25,28)/t22-/m0/s1. The van der Waals surface area contributed by atoms with Crippen LogP contribution in [0.25, 0.3) is 0 Å². The molecule has 0 aliphatic carbocycles. The van der Waals surface area contributed by atoms with Gasteiger partial charge in [-0.05, 0) is 42.5 Å². The van der Waals surface area contributed by atoms with Gasteiger partial charge < -0.3 is 15.0 Å². The van der Waals surface area contributed by atoms with E-state index in [2.05, 4.69) is 19.2 Å². The Morgan fingerprint density at radius 1 is 1.00 bits per heavy atom. The molecule has 0 saturated heterocycles. The van der Waals surface area contributed by atoms with Crippen molar-refractivity contribution in [2.45, 2.75) is 52.6 Å². The average molecular weight is 397 g/mol. The third kappa shape index (κ3) is 6.63. The van der Waals surface area contributed by atoms with Crippen molar-refractivity contribution < 1.29 is 14.3 Å². The van der Waals surface area contributed by atoms with Crippen LogP contribution in [-0.4, -0.2) is 35.9 Å². The summed E-state index contributed by atoms with van der Waals surface area (Å²) in [6.45, 7) is 8.84. The molecule has 1 N–H and O–H groups in total. The summed E-state index contributed by atoms with van der Waals surface area (Å²) in [6, 6.07) is 16.9. The van der Waals surface area contributed by atoms with Gasteiger partial charge in [-0.1, -0.05) is 63.2 Å². The van der Waals surface area contributed by atoms with Crippen LogP contribution in [0.3, 0.4) is 0 Å². The summed E-state index contributed by atoms with van der Waals surface area (Å²) in [6.07, 6.45) is 0.535. The van der Waals surface area contributed by atoms with Crippen molar-refractivity contribution in [3.8, 4) is 5.75 Å². The minimum absolute atomic E-state index is 0.107. The molecule has 0 spiro atoms. The molecule has 2 rings (SSSR count). The summed E-state index contributed by atoms with van der Waals surface area (Å²) in [4.78, 5) is 27.2. The molecular formula is C24H32N2O3. The first kappa shape index (κ1) is 22.5. The molecule has 2 aromatic carbocycles. The van der Waals surface area contributed by atoms with Gasteiger partial charge in [-0.2, -0.15) is 0 Å². The van der Waals surface area contributed by atoms with E-state index in [1.807, 2.05) is 68.4 Å². The van der Waals surface area contributed by atoms with Gasteiger partial charge in [0.1, 0.15) is 11.8 Å². The summed E-state index contributed by atoms with van der Waals surface area (Å²) >= 11 is 0. The van der Waals surface area contributed by atoms with Crippen LogP contribution >= 0.6 is 0 Å². The second-order valence-electron chi connectivity index (χ2n) is 7.34. The van der Waals surface area contributed by atoms with E-state index in [9.17, 15) is 9.59 Å². The molecule has 5 heteroatoms. The highest BCUT2D eigenvalue weighted by Crippen LogP contribution is 2.19. The fraction of sp³-hybridized carbons (Fsp3) is 0.417. The van der Waals surface area contributed by atoms with Crippen molar-refractivity contribution in [1.82, 2.24) is 10.2 Å². The van der Waals surface area contributed by atoms with Crippen molar-refractivity contribution in [1.29, 1.82) is 0 Å². The fourth-order valence-corrected chi connectivity index (χ4v) is 3.17. The highest BCUT2D eigenvalue weighted by atomic mass is 16.5. The zero-order valence-electron chi connectivity index (χ0n) is 17.9. The minimum atomic E-state index is -0.533. The number of benzene rings is 2. The fourth-order valence-electron chi connectivity index (χ4n) is 3.17. The van der Waals surface area contributed by atoms with Gasteiger partial charge in [-0.3, -0.25) is 9.59 Å². The normalized spacial score (nSPS) is 11.8. The largest absolute Gasteiger partial charge is 0.484 e. The molecule has 156 valence electrons. The van der Waals surface area contributed by atoms with E-state index in [1.54, 1.807) is 4.90 Å². The molecule has 2 aromatic rings. The molecule has 5 nitrogen and oxygen atoms in total. The van der Waals surface area contributed by atoms with Gasteiger partial charge in [0.15, 0.2) is 6.61 Å². The number of amides is 2. The first-order valence-corrected chi connectivity index (χ1v) is 10.3. The van der Waals surface area contributed by atoms with Gasteiger partial charge in [-0.25, -0.2) is 0 Å². The number of nitrogens with one attached hydrogen (secondary N) is 1. The molecule has 0 unspecified atom stereocenters. The Morgan fingerprint density at radius 3 is 2.21 bits per heavy atom. The van der Waals surface area contributed by atoms with Crippen molar-refractivity contribution in [3.05, 3.63) is 65.7 Å². The number of nitrogens with zero attached hydrogens (tertiary/aromatic N) is 1. The van der Waals surface area contributed by atoms with E-state index in [0.29, 0.717) is 31.2 Å². The topological polar surface area (TPSA) is 58.6 Å². The van der Waals surface area contributed by atoms with E-state index in [1.165, 1.54) is 5.56 Å². The summed E-state index contributed by atoms with van der Waals surface area (Å²) in [5.41, 5.74) is 2.20. The Kier molecular flexibility index (Phi) is 8.71. The lowest BCUT2D eigenvalue weighted by atomic mass is 10.0. The van der Waals surface area contributed by atoms with Crippen LogP contribution in [0, 0.1) is 0 Å². The third-order valence-corrected chi connectivity index (χ3v) is 4.84. The third-order valence-electron chi connectivity index (χ3n) is 4.84. The molecular weight excluding hydrogens is 364 g/mol. The summed E-state index contributed by atoms with van der Waals surface area (Å²) < 4.78 is 5.73. The highest BCUT2D eigenvalue weighted by molar-refractivity contribution is 5.88. The number of likely N-dealkylation sites (N-methyl/N-ethyl adjacent to an activating group) is 1. The van der Waals surface area contributed by atoms with E-state index in [0.717, 1.165) is 5.56 Å². The van der Waals surface area contributed by atoms with E-state index < -0.39 is 6.04 Å². The Hall–Kier alpha value is -2.82. The Bertz CT molecular complexity index is 772. The lowest BCUT2D eigenvalue weighted by Gasteiger charge is -2.30. The second-order valence-corrected chi connectivity index (χ2v) is 7.34. The SMILES string of the molecule is CCNC(=O)[C@H](CC)N(Cc1ccccc1)C(=O)COc1ccc(C(C)C)cc1. The van der Waals surface area contributed by atoms with Gasteiger partial charge >= 0.3 is 0 Å². The van der Waals surface area contributed by atoms with Crippen LogP contribution in [0.4, 0.5) is 0 Å². The van der Waals surface area contributed by atoms with Crippen LogP contribution in [-0.2, 0) is 16.1 Å². The van der Waals surface area contributed by atoms with E-state index >= 15 is 0 Å². The molecule has 0 aliphatic heterocycles. The number of rotatable bonds is 10. The monoisotopic (exact) mass is 396 g/mol. The van der Waals surface area contributed by atoms with Crippen molar-refractivity contribution in [3.63, 3.8) is 0 Å². The van der Waals surface area contributed by atoms with E-state index in [-0.39, 0.29) is 18.4 Å². The maximum absolute atomic E-state index is 13.0. The molecule has 0 fully saturated rings. The van der Waals surface area contributed by atoms with Gasteiger partial charge in [-0.15, -0.1) is 0 Å². The highest BCUT2D eigenvalue weighted by Gasteiger charge is 2.28. The van der Waals surface area contributed by atoms with Gasteiger partial charge in [0.25, 0.3) is 5.91 Å². The second kappa shape index (κ2) is 11.2. The summed E-state index contributed by atoms with van der Waals surface area (Å²) in [7, 11) is 0. The summed E-state index contributed by atoms with van der Waals surface area (Å²) in [5.74, 6) is 0.739. The maximum atomic E-state index is 13.0.